The van der Waals surface area contributed by atoms with E-state index in [1.807, 2.05) is 16.4 Å². The van der Waals surface area contributed by atoms with Crippen molar-refractivity contribution < 1.29 is 13.9 Å². The Morgan fingerprint density at radius 2 is 2.31 bits per heavy atom. The van der Waals surface area contributed by atoms with Gasteiger partial charge in [-0.1, -0.05) is 11.6 Å². The van der Waals surface area contributed by atoms with Crippen LogP contribution in [0.2, 0.25) is 5.02 Å². The van der Waals surface area contributed by atoms with Gasteiger partial charge in [-0.15, -0.1) is 0 Å². The first-order valence-corrected chi connectivity index (χ1v) is 9.34. The van der Waals surface area contributed by atoms with Gasteiger partial charge in [0.15, 0.2) is 5.82 Å². The van der Waals surface area contributed by atoms with Crippen LogP contribution in [0.15, 0.2) is 6.20 Å². The Hall–Kier alpha value is -1.70. The SMILES string of the molecule is Cc1c2n(c3ncc(Cl)c(F)c13)CCN(C(=O)CCOCC1CCN1)C2. The minimum absolute atomic E-state index is 0.0228. The molecule has 2 aliphatic rings. The van der Waals surface area contributed by atoms with E-state index in [9.17, 15) is 9.18 Å². The molecular weight excluding hydrogens is 359 g/mol. The van der Waals surface area contributed by atoms with Crippen molar-refractivity contribution in [2.24, 2.45) is 0 Å². The van der Waals surface area contributed by atoms with Crippen molar-refractivity contribution in [2.45, 2.75) is 38.9 Å². The van der Waals surface area contributed by atoms with Gasteiger partial charge in [-0.3, -0.25) is 4.79 Å². The molecule has 4 heterocycles. The highest BCUT2D eigenvalue weighted by Gasteiger charge is 2.27. The zero-order valence-corrected chi connectivity index (χ0v) is 15.5. The van der Waals surface area contributed by atoms with Crippen molar-refractivity contribution in [3.63, 3.8) is 0 Å². The number of aryl methyl sites for hydroxylation is 1. The number of aromatic nitrogens is 2. The molecule has 0 saturated carbocycles. The summed E-state index contributed by atoms with van der Waals surface area (Å²) in [6, 6.07) is 0.438. The van der Waals surface area contributed by atoms with Crippen LogP contribution in [0.3, 0.4) is 0 Å². The minimum atomic E-state index is -0.438. The van der Waals surface area contributed by atoms with E-state index in [0.29, 0.717) is 56.3 Å². The molecule has 8 heteroatoms. The zero-order chi connectivity index (χ0) is 18.3. The summed E-state index contributed by atoms with van der Waals surface area (Å²) in [5, 5.41) is 3.75. The molecule has 0 aliphatic carbocycles. The maximum absolute atomic E-state index is 14.4. The van der Waals surface area contributed by atoms with Crippen molar-refractivity contribution in [1.82, 2.24) is 19.8 Å². The molecule has 1 amide bonds. The van der Waals surface area contributed by atoms with E-state index >= 15 is 0 Å². The number of carbonyl (C=O) groups excluding carboxylic acids is 1. The standard InChI is InChI=1S/C18H22ClFN4O2/c1-11-14-9-23(15(25)3-7-26-10-12-2-4-21-12)5-6-24(14)18-16(11)17(20)13(19)8-22-18/h8,12,21H,2-7,9-10H2,1H3. The molecule has 0 spiro atoms. The lowest BCUT2D eigenvalue weighted by Gasteiger charge is -2.30. The van der Waals surface area contributed by atoms with Gasteiger partial charge in [0, 0.05) is 24.8 Å². The van der Waals surface area contributed by atoms with Gasteiger partial charge in [0.1, 0.15) is 5.65 Å². The van der Waals surface area contributed by atoms with E-state index in [2.05, 4.69) is 10.3 Å². The molecule has 2 aliphatic heterocycles. The number of rotatable bonds is 5. The molecule has 0 radical (unpaired) electrons. The molecule has 0 aromatic carbocycles. The number of hydrogen-bond acceptors (Lipinski definition) is 4. The Bertz CT molecular complexity index is 850. The van der Waals surface area contributed by atoms with E-state index in [0.717, 1.165) is 24.2 Å². The minimum Gasteiger partial charge on any atom is -0.379 e. The third-order valence-corrected chi connectivity index (χ3v) is 5.60. The Morgan fingerprint density at radius 3 is 3.04 bits per heavy atom. The van der Waals surface area contributed by atoms with E-state index < -0.39 is 5.82 Å². The molecular formula is C18H22ClFN4O2. The van der Waals surface area contributed by atoms with Gasteiger partial charge in [0.25, 0.3) is 0 Å². The summed E-state index contributed by atoms with van der Waals surface area (Å²) >= 11 is 5.88. The van der Waals surface area contributed by atoms with Crippen LogP contribution < -0.4 is 5.32 Å². The molecule has 1 unspecified atom stereocenters. The number of pyridine rings is 1. The van der Waals surface area contributed by atoms with Crippen LogP contribution in [-0.4, -0.2) is 52.7 Å². The topological polar surface area (TPSA) is 59.4 Å². The fourth-order valence-corrected chi connectivity index (χ4v) is 3.78. The molecule has 1 saturated heterocycles. The number of hydrogen-bond donors (Lipinski definition) is 1. The van der Waals surface area contributed by atoms with E-state index in [1.54, 1.807) is 0 Å². The Labute approximate surface area is 156 Å². The quantitative estimate of drug-likeness (QED) is 0.808. The second-order valence-electron chi connectivity index (χ2n) is 6.92. The predicted molar refractivity (Wildman–Crippen MR) is 96.7 cm³/mol. The number of ether oxygens (including phenoxy) is 1. The first-order valence-electron chi connectivity index (χ1n) is 8.97. The molecule has 26 heavy (non-hydrogen) atoms. The highest BCUT2D eigenvalue weighted by Crippen LogP contribution is 2.32. The summed E-state index contributed by atoms with van der Waals surface area (Å²) in [6.45, 7) is 5.65. The molecule has 0 bridgehead atoms. The van der Waals surface area contributed by atoms with Gasteiger partial charge in [-0.25, -0.2) is 9.37 Å². The van der Waals surface area contributed by atoms with Crippen molar-refractivity contribution in [1.29, 1.82) is 0 Å². The van der Waals surface area contributed by atoms with Crippen LogP contribution in [0.1, 0.15) is 24.1 Å². The lowest BCUT2D eigenvalue weighted by molar-refractivity contribution is -0.133. The van der Waals surface area contributed by atoms with Crippen molar-refractivity contribution in [3.8, 4) is 0 Å². The van der Waals surface area contributed by atoms with Crippen LogP contribution in [0, 0.1) is 12.7 Å². The van der Waals surface area contributed by atoms with E-state index in [1.165, 1.54) is 6.20 Å². The summed E-state index contributed by atoms with van der Waals surface area (Å²) in [5.74, 6) is -0.374. The number of carbonyl (C=O) groups is 1. The van der Waals surface area contributed by atoms with Gasteiger partial charge in [-0.2, -0.15) is 0 Å². The molecule has 1 fully saturated rings. The predicted octanol–water partition coefficient (Wildman–Crippen LogP) is 2.25. The van der Waals surface area contributed by atoms with Gasteiger partial charge in [-0.05, 0) is 25.5 Å². The summed E-state index contributed by atoms with van der Waals surface area (Å²) in [7, 11) is 0. The van der Waals surface area contributed by atoms with Crippen LogP contribution >= 0.6 is 11.6 Å². The maximum Gasteiger partial charge on any atom is 0.225 e. The lowest BCUT2D eigenvalue weighted by Crippen LogP contribution is -2.46. The Kier molecular flexibility index (Phi) is 4.86. The molecule has 4 rings (SSSR count). The Morgan fingerprint density at radius 1 is 1.50 bits per heavy atom. The Balaban J connectivity index is 1.43. The van der Waals surface area contributed by atoms with Gasteiger partial charge < -0.3 is 19.5 Å². The second-order valence-corrected chi connectivity index (χ2v) is 7.33. The monoisotopic (exact) mass is 380 g/mol. The van der Waals surface area contributed by atoms with Gasteiger partial charge in [0.2, 0.25) is 5.91 Å². The van der Waals surface area contributed by atoms with Crippen molar-refractivity contribution >= 4 is 28.5 Å². The van der Waals surface area contributed by atoms with Crippen molar-refractivity contribution in [2.75, 3.05) is 26.3 Å². The molecule has 2 aromatic heterocycles. The van der Waals surface area contributed by atoms with Crippen LogP contribution in [0.4, 0.5) is 4.39 Å². The van der Waals surface area contributed by atoms with Gasteiger partial charge in [0.05, 0.1) is 42.8 Å². The molecule has 140 valence electrons. The average molecular weight is 381 g/mol. The third-order valence-electron chi connectivity index (χ3n) is 5.33. The summed E-state index contributed by atoms with van der Waals surface area (Å²) < 4.78 is 22.0. The van der Waals surface area contributed by atoms with Gasteiger partial charge >= 0.3 is 0 Å². The number of nitrogens with zero attached hydrogens (tertiary/aromatic N) is 3. The number of amides is 1. The molecule has 2 aromatic rings. The lowest BCUT2D eigenvalue weighted by atomic mass is 10.1. The number of nitrogens with one attached hydrogen (secondary N) is 1. The highest BCUT2D eigenvalue weighted by molar-refractivity contribution is 6.31. The van der Waals surface area contributed by atoms with Crippen LogP contribution in [0.25, 0.3) is 11.0 Å². The highest BCUT2D eigenvalue weighted by atomic mass is 35.5. The fraction of sp³-hybridized carbons (Fsp3) is 0.556. The second kappa shape index (κ2) is 7.13. The number of halogens is 2. The number of fused-ring (bicyclic) bond motifs is 3. The van der Waals surface area contributed by atoms with Crippen molar-refractivity contribution in [3.05, 3.63) is 28.3 Å². The summed E-state index contributed by atoms with van der Waals surface area (Å²) in [5.41, 5.74) is 2.33. The zero-order valence-electron chi connectivity index (χ0n) is 14.7. The smallest absolute Gasteiger partial charge is 0.225 e. The first-order chi connectivity index (χ1) is 12.6. The maximum atomic E-state index is 14.4. The molecule has 1 atom stereocenters. The summed E-state index contributed by atoms with van der Waals surface area (Å²) in [4.78, 5) is 18.6. The van der Waals surface area contributed by atoms with Crippen LogP contribution in [-0.2, 0) is 22.6 Å². The summed E-state index contributed by atoms with van der Waals surface area (Å²) in [6.07, 6.45) is 2.85. The van der Waals surface area contributed by atoms with Crippen LogP contribution in [0.5, 0.6) is 0 Å². The van der Waals surface area contributed by atoms with E-state index in [4.69, 9.17) is 16.3 Å². The fourth-order valence-electron chi connectivity index (χ4n) is 3.64. The first kappa shape index (κ1) is 17.7. The molecule has 6 nitrogen and oxygen atoms in total. The van der Waals surface area contributed by atoms with E-state index in [-0.39, 0.29) is 10.9 Å². The average Bonchev–Trinajstić information content (AvgIpc) is 2.89. The largest absolute Gasteiger partial charge is 0.379 e. The normalized spacial score (nSPS) is 19.5. The third kappa shape index (κ3) is 3.08. The molecule has 1 N–H and O–H groups in total.